The number of anilines is 4. The van der Waals surface area contributed by atoms with Crippen LogP contribution in [0.2, 0.25) is 0 Å². The van der Waals surface area contributed by atoms with Crippen LogP contribution in [0.1, 0.15) is 44.0 Å². The van der Waals surface area contributed by atoms with Gasteiger partial charge in [0.15, 0.2) is 5.82 Å². The quantitative estimate of drug-likeness (QED) is 0.334. The van der Waals surface area contributed by atoms with Gasteiger partial charge in [-0.2, -0.15) is 15.1 Å². The summed E-state index contributed by atoms with van der Waals surface area (Å²) < 4.78 is 0. The highest BCUT2D eigenvalue weighted by molar-refractivity contribution is 5.60. The van der Waals surface area contributed by atoms with Crippen molar-refractivity contribution in [3.8, 4) is 0 Å². The van der Waals surface area contributed by atoms with Crippen LogP contribution in [-0.4, -0.2) is 52.4 Å². The molecule has 184 valence electrons. The van der Waals surface area contributed by atoms with E-state index in [1.807, 2.05) is 30.3 Å². The number of rotatable bonds is 8. The molecule has 0 bridgehead atoms. The number of hydrogen-bond acceptors (Lipinski definition) is 9. The van der Waals surface area contributed by atoms with Crippen LogP contribution in [0.4, 0.5) is 23.4 Å². The molecule has 5 rings (SSSR count). The number of hydroxylamine groups is 1. The topological polar surface area (TPSA) is 115 Å². The molecule has 2 atom stereocenters. The summed E-state index contributed by atoms with van der Waals surface area (Å²) in [6.07, 6.45) is 2.07. The van der Waals surface area contributed by atoms with Crippen LogP contribution < -0.4 is 26.3 Å². The minimum atomic E-state index is 0.0228. The van der Waals surface area contributed by atoms with Crippen LogP contribution in [0, 0.1) is 0 Å². The van der Waals surface area contributed by atoms with E-state index in [1.165, 1.54) is 0 Å². The van der Waals surface area contributed by atoms with Gasteiger partial charge in [0, 0.05) is 43.5 Å². The molecule has 0 aliphatic carbocycles. The molecule has 1 saturated heterocycles. The molecule has 3 aromatic rings. The highest BCUT2D eigenvalue weighted by Crippen LogP contribution is 2.25. The largest absolute Gasteiger partial charge is 0.411 e. The Bertz CT molecular complexity index is 1160. The van der Waals surface area contributed by atoms with E-state index in [4.69, 9.17) is 14.8 Å². The van der Waals surface area contributed by atoms with Crippen LogP contribution in [0.5, 0.6) is 0 Å². The lowest BCUT2D eigenvalue weighted by Gasteiger charge is -2.33. The van der Waals surface area contributed by atoms with Crippen molar-refractivity contribution in [1.82, 2.24) is 31.0 Å². The van der Waals surface area contributed by atoms with Crippen LogP contribution >= 0.6 is 0 Å². The second kappa shape index (κ2) is 10.3. The maximum Gasteiger partial charge on any atom is 0.227 e. The molecule has 10 heteroatoms. The average Bonchev–Trinajstić information content (AvgIpc) is 3.53. The van der Waals surface area contributed by atoms with Gasteiger partial charge in [-0.15, -0.1) is 5.48 Å². The average molecular weight is 476 g/mol. The van der Waals surface area contributed by atoms with Crippen molar-refractivity contribution in [3.05, 3.63) is 65.6 Å². The fourth-order valence-corrected chi connectivity index (χ4v) is 4.19. The molecule has 0 radical (unpaired) electrons. The van der Waals surface area contributed by atoms with Gasteiger partial charge in [-0.05, 0) is 24.5 Å². The first kappa shape index (κ1) is 23.1. The summed E-state index contributed by atoms with van der Waals surface area (Å²) in [5.74, 6) is 3.99. The molecule has 4 heterocycles. The van der Waals surface area contributed by atoms with Crippen molar-refractivity contribution in [2.45, 2.75) is 38.8 Å². The number of nitrogens with one attached hydrogen (secondary N) is 5. The van der Waals surface area contributed by atoms with Crippen molar-refractivity contribution in [1.29, 1.82) is 0 Å². The van der Waals surface area contributed by atoms with Crippen molar-refractivity contribution in [2.75, 3.05) is 41.7 Å². The van der Waals surface area contributed by atoms with Crippen LogP contribution in [0.3, 0.4) is 0 Å². The zero-order chi connectivity index (χ0) is 24.2. The molecule has 1 aromatic carbocycles. The molecule has 2 aliphatic rings. The number of hydrogen-bond donors (Lipinski definition) is 5. The maximum atomic E-state index is 5.70. The van der Waals surface area contributed by atoms with Crippen molar-refractivity contribution >= 4 is 23.4 Å². The Morgan fingerprint density at radius 3 is 2.77 bits per heavy atom. The molecule has 10 nitrogen and oxygen atoms in total. The first-order valence-electron chi connectivity index (χ1n) is 12.1. The summed E-state index contributed by atoms with van der Waals surface area (Å²) >= 11 is 0. The zero-order valence-corrected chi connectivity index (χ0v) is 20.4. The molecule has 2 aromatic heterocycles. The Morgan fingerprint density at radius 2 is 2.00 bits per heavy atom. The second-order valence-electron chi connectivity index (χ2n) is 9.32. The van der Waals surface area contributed by atoms with Gasteiger partial charge in [0.05, 0.1) is 12.6 Å². The lowest BCUT2D eigenvalue weighted by molar-refractivity contribution is 0.116. The number of piperazine rings is 1. The first-order chi connectivity index (χ1) is 17.0. The lowest BCUT2D eigenvalue weighted by atomic mass is 10.1. The number of nitrogens with zero attached hydrogens (tertiary/aromatic N) is 4. The molecular weight excluding hydrogens is 442 g/mol. The summed E-state index contributed by atoms with van der Waals surface area (Å²) in [6, 6.07) is 14.6. The Morgan fingerprint density at radius 1 is 1.14 bits per heavy atom. The van der Waals surface area contributed by atoms with E-state index in [2.05, 4.69) is 75.5 Å². The third-order valence-electron chi connectivity index (χ3n) is 6.13. The van der Waals surface area contributed by atoms with Gasteiger partial charge < -0.3 is 25.7 Å². The predicted molar refractivity (Wildman–Crippen MR) is 138 cm³/mol. The third-order valence-corrected chi connectivity index (χ3v) is 6.13. The molecule has 1 fully saturated rings. The van der Waals surface area contributed by atoms with Crippen molar-refractivity contribution < 1.29 is 4.84 Å². The summed E-state index contributed by atoms with van der Waals surface area (Å²) in [4.78, 5) is 17.5. The highest BCUT2D eigenvalue weighted by atomic mass is 16.7. The fourth-order valence-electron chi connectivity index (χ4n) is 4.19. The minimum absolute atomic E-state index is 0.0228. The Hall–Kier alpha value is -3.63. The lowest BCUT2D eigenvalue weighted by Crippen LogP contribution is -2.49. The minimum Gasteiger partial charge on any atom is -0.411 e. The number of aromatic nitrogens is 4. The van der Waals surface area contributed by atoms with Gasteiger partial charge in [-0.1, -0.05) is 44.2 Å². The standard InChI is InChI=1S/C25H33N9O/c1-16(2)20-12-23(32-31-20)28-22-13-24(34-10-9-26-17(3)15-34)30-25(29-22)27-14-19-11-21(33-35-19)18-7-5-4-6-8-18/h4-8,11-13,16-17,21,26,33H,9-10,14-15H2,1-3H3,(H3,27,28,29,30,31,32)/t17-,21?/m0/s1. The van der Waals surface area contributed by atoms with E-state index in [1.54, 1.807) is 0 Å². The number of H-pyrrole nitrogens is 1. The Balaban J connectivity index is 1.33. The van der Waals surface area contributed by atoms with Crippen LogP contribution in [0.15, 0.2) is 54.3 Å². The van der Waals surface area contributed by atoms with Crippen molar-refractivity contribution in [3.63, 3.8) is 0 Å². The number of benzene rings is 1. The fraction of sp³-hybridized carbons (Fsp3) is 0.400. The molecule has 0 spiro atoms. The zero-order valence-electron chi connectivity index (χ0n) is 20.4. The van der Waals surface area contributed by atoms with Gasteiger partial charge in [-0.3, -0.25) is 5.10 Å². The van der Waals surface area contributed by atoms with E-state index >= 15 is 0 Å². The molecule has 35 heavy (non-hydrogen) atoms. The normalized spacial score (nSPS) is 20.0. The van der Waals surface area contributed by atoms with Crippen LogP contribution in [-0.2, 0) is 4.84 Å². The Labute approximate surface area is 205 Å². The third kappa shape index (κ3) is 5.72. The summed E-state index contributed by atoms with van der Waals surface area (Å²) in [7, 11) is 0. The van der Waals surface area contributed by atoms with E-state index in [9.17, 15) is 0 Å². The molecule has 5 N–H and O–H groups in total. The molecule has 0 saturated carbocycles. The maximum absolute atomic E-state index is 5.70. The highest BCUT2D eigenvalue weighted by Gasteiger charge is 2.21. The molecular formula is C25H33N9O. The van der Waals surface area contributed by atoms with E-state index < -0.39 is 0 Å². The van der Waals surface area contributed by atoms with E-state index in [-0.39, 0.29) is 6.04 Å². The van der Waals surface area contributed by atoms with E-state index in [0.29, 0.717) is 30.3 Å². The van der Waals surface area contributed by atoms with Gasteiger partial charge in [0.1, 0.15) is 17.4 Å². The van der Waals surface area contributed by atoms with Gasteiger partial charge >= 0.3 is 0 Å². The molecule has 2 aliphatic heterocycles. The summed E-state index contributed by atoms with van der Waals surface area (Å²) in [6.45, 7) is 9.60. The number of aromatic amines is 1. The van der Waals surface area contributed by atoms with Crippen molar-refractivity contribution in [2.24, 2.45) is 0 Å². The Kier molecular flexibility index (Phi) is 6.82. The van der Waals surface area contributed by atoms with Crippen LogP contribution in [0.25, 0.3) is 0 Å². The smallest absolute Gasteiger partial charge is 0.227 e. The molecule has 0 amide bonds. The second-order valence-corrected chi connectivity index (χ2v) is 9.32. The van der Waals surface area contributed by atoms with Gasteiger partial charge in [0.25, 0.3) is 0 Å². The SMILES string of the molecule is CC(C)c1cc(Nc2cc(N3CCN[C@@H](C)C3)nc(NCC3=CC(c4ccccc4)NO3)n2)n[nH]1. The van der Waals surface area contributed by atoms with E-state index in [0.717, 1.165) is 48.3 Å². The van der Waals surface area contributed by atoms with Gasteiger partial charge in [-0.25, -0.2) is 0 Å². The first-order valence-corrected chi connectivity index (χ1v) is 12.1. The summed E-state index contributed by atoms with van der Waals surface area (Å²) in [5.41, 5.74) is 5.29. The molecule has 1 unspecified atom stereocenters. The van der Waals surface area contributed by atoms with Gasteiger partial charge in [0.2, 0.25) is 5.95 Å². The predicted octanol–water partition coefficient (Wildman–Crippen LogP) is 3.44. The summed E-state index contributed by atoms with van der Waals surface area (Å²) in [5, 5.41) is 17.6. The monoisotopic (exact) mass is 475 g/mol.